The normalized spacial score (nSPS) is 15.5. The Morgan fingerprint density at radius 1 is 1.11 bits per heavy atom. The van der Waals surface area contributed by atoms with E-state index in [4.69, 9.17) is 11.6 Å². The molecule has 4 rings (SSSR count). The minimum Gasteiger partial charge on any atom is -0.345 e. The van der Waals surface area contributed by atoms with Crippen molar-refractivity contribution in [1.82, 2.24) is 9.88 Å². The highest BCUT2D eigenvalue weighted by molar-refractivity contribution is 7.90. The van der Waals surface area contributed by atoms with Crippen molar-refractivity contribution in [3.05, 3.63) is 39.5 Å². The van der Waals surface area contributed by atoms with Gasteiger partial charge in [-0.3, -0.25) is 4.79 Å². The van der Waals surface area contributed by atoms with E-state index in [9.17, 15) is 13.2 Å². The highest BCUT2D eigenvalue weighted by atomic mass is 35.5. The average Bonchev–Trinajstić information content (AvgIpc) is 3.26. The predicted molar refractivity (Wildman–Crippen MR) is 110 cm³/mol. The molecule has 0 bridgehead atoms. The van der Waals surface area contributed by atoms with Crippen LogP contribution < -0.4 is 4.90 Å². The molecule has 1 saturated heterocycles. The molecule has 0 spiro atoms. The maximum absolute atomic E-state index is 12.5. The van der Waals surface area contributed by atoms with E-state index in [1.165, 1.54) is 28.9 Å². The van der Waals surface area contributed by atoms with Crippen molar-refractivity contribution >= 4 is 65.4 Å². The Hall–Kier alpha value is -1.68. The van der Waals surface area contributed by atoms with Crippen molar-refractivity contribution in [2.75, 3.05) is 37.3 Å². The number of piperazine rings is 1. The van der Waals surface area contributed by atoms with Crippen LogP contribution in [0.25, 0.3) is 10.2 Å². The lowest BCUT2D eigenvalue weighted by Gasteiger charge is -2.34. The Morgan fingerprint density at radius 2 is 1.85 bits per heavy atom. The molecule has 1 fully saturated rings. The third-order valence-electron chi connectivity index (χ3n) is 4.40. The molecule has 0 saturated carbocycles. The molecule has 1 aliphatic rings. The first-order valence-electron chi connectivity index (χ1n) is 8.21. The molecule has 10 heteroatoms. The SMILES string of the molecule is CS(=O)(=O)c1ccc2nc(N3CCN(C(=O)c4ccc(Cl)s4)CC3)sc2c1. The summed E-state index contributed by atoms with van der Waals surface area (Å²) in [6.07, 6.45) is 1.20. The third-order valence-corrected chi connectivity index (χ3v) is 7.81. The standard InChI is InChI=1S/C17H16ClN3O3S3/c1-27(23,24)11-2-3-12-14(10-11)26-17(19-12)21-8-6-20(7-9-21)16(22)13-4-5-15(18)25-13/h2-5,10H,6-9H2,1H3. The summed E-state index contributed by atoms with van der Waals surface area (Å²) in [5, 5.41) is 0.849. The zero-order valence-electron chi connectivity index (χ0n) is 14.4. The number of halogens is 1. The summed E-state index contributed by atoms with van der Waals surface area (Å²) in [6, 6.07) is 8.50. The van der Waals surface area contributed by atoms with Crippen LogP contribution in [0.2, 0.25) is 4.34 Å². The second-order valence-electron chi connectivity index (χ2n) is 6.28. The number of aromatic nitrogens is 1. The second-order valence-corrected chi connectivity index (χ2v) is 11.0. The summed E-state index contributed by atoms with van der Waals surface area (Å²) in [5.74, 6) is 0.00800. The molecule has 6 nitrogen and oxygen atoms in total. The van der Waals surface area contributed by atoms with Gasteiger partial charge in [0.25, 0.3) is 5.91 Å². The van der Waals surface area contributed by atoms with Gasteiger partial charge in [0, 0.05) is 32.4 Å². The molecular formula is C17H16ClN3O3S3. The van der Waals surface area contributed by atoms with Gasteiger partial charge >= 0.3 is 0 Å². The largest absolute Gasteiger partial charge is 0.345 e. The lowest BCUT2D eigenvalue weighted by Crippen LogP contribution is -2.48. The van der Waals surface area contributed by atoms with Crippen molar-refractivity contribution in [1.29, 1.82) is 0 Å². The number of nitrogens with zero attached hydrogens (tertiary/aromatic N) is 3. The molecular weight excluding hydrogens is 426 g/mol. The molecule has 3 heterocycles. The summed E-state index contributed by atoms with van der Waals surface area (Å²) in [6.45, 7) is 2.59. The molecule has 3 aromatic rings. The fourth-order valence-electron chi connectivity index (χ4n) is 2.94. The highest BCUT2D eigenvalue weighted by Gasteiger charge is 2.25. The van der Waals surface area contributed by atoms with E-state index in [1.54, 1.807) is 30.3 Å². The maximum Gasteiger partial charge on any atom is 0.264 e. The highest BCUT2D eigenvalue weighted by Crippen LogP contribution is 2.31. The molecule has 0 atom stereocenters. The monoisotopic (exact) mass is 441 g/mol. The first kappa shape index (κ1) is 18.7. The molecule has 142 valence electrons. The Kier molecular flexibility index (Phi) is 4.87. The second kappa shape index (κ2) is 7.05. The van der Waals surface area contributed by atoms with Crippen LogP contribution in [0.5, 0.6) is 0 Å². The summed E-state index contributed by atoms with van der Waals surface area (Å²) >= 11 is 8.69. The van der Waals surface area contributed by atoms with Gasteiger partial charge in [-0.05, 0) is 30.3 Å². The van der Waals surface area contributed by atoms with Crippen molar-refractivity contribution in [2.24, 2.45) is 0 Å². The van der Waals surface area contributed by atoms with Gasteiger partial charge < -0.3 is 9.80 Å². The van der Waals surface area contributed by atoms with Gasteiger partial charge in [0.2, 0.25) is 0 Å². The lowest BCUT2D eigenvalue weighted by atomic mass is 10.3. The van der Waals surface area contributed by atoms with Gasteiger partial charge in [-0.15, -0.1) is 11.3 Å². The fraction of sp³-hybridized carbons (Fsp3) is 0.294. The van der Waals surface area contributed by atoms with E-state index in [1.807, 2.05) is 4.90 Å². The van der Waals surface area contributed by atoms with Crippen LogP contribution in [0.4, 0.5) is 5.13 Å². The Morgan fingerprint density at radius 3 is 2.48 bits per heavy atom. The van der Waals surface area contributed by atoms with Crippen molar-refractivity contribution in [3.63, 3.8) is 0 Å². The third kappa shape index (κ3) is 3.82. The van der Waals surface area contributed by atoms with Crippen LogP contribution in [-0.2, 0) is 9.84 Å². The molecule has 1 amide bonds. The topological polar surface area (TPSA) is 70.6 Å². The van der Waals surface area contributed by atoms with E-state index >= 15 is 0 Å². The molecule has 0 aliphatic carbocycles. The molecule has 27 heavy (non-hydrogen) atoms. The van der Waals surface area contributed by atoms with E-state index in [-0.39, 0.29) is 5.91 Å². The number of benzene rings is 1. The number of carbonyl (C=O) groups is 1. The van der Waals surface area contributed by atoms with Gasteiger partial charge in [-0.1, -0.05) is 22.9 Å². The van der Waals surface area contributed by atoms with E-state index in [0.717, 1.165) is 15.3 Å². The molecule has 0 N–H and O–H groups in total. The van der Waals surface area contributed by atoms with Crippen molar-refractivity contribution < 1.29 is 13.2 Å². The maximum atomic E-state index is 12.5. The van der Waals surface area contributed by atoms with Gasteiger partial charge in [-0.2, -0.15) is 0 Å². The summed E-state index contributed by atoms with van der Waals surface area (Å²) in [5.41, 5.74) is 0.786. The molecule has 1 aliphatic heterocycles. The van der Waals surface area contributed by atoms with Crippen LogP contribution in [-0.4, -0.2) is 56.6 Å². The minimum absolute atomic E-state index is 0.00800. The van der Waals surface area contributed by atoms with Crippen molar-refractivity contribution in [2.45, 2.75) is 4.90 Å². The summed E-state index contributed by atoms with van der Waals surface area (Å²) in [7, 11) is -3.24. The first-order valence-corrected chi connectivity index (χ1v) is 12.1. The Bertz CT molecular complexity index is 1110. The predicted octanol–water partition coefficient (Wildman–Crippen LogP) is 3.38. The van der Waals surface area contributed by atoms with Gasteiger partial charge in [-0.25, -0.2) is 13.4 Å². The molecule has 0 radical (unpaired) electrons. The number of sulfone groups is 1. The lowest BCUT2D eigenvalue weighted by molar-refractivity contribution is 0.0751. The number of anilines is 1. The van der Waals surface area contributed by atoms with Gasteiger partial charge in [0.05, 0.1) is 24.3 Å². The number of thiazole rings is 1. The first-order chi connectivity index (χ1) is 12.8. The van der Waals surface area contributed by atoms with E-state index in [0.29, 0.717) is 40.3 Å². The van der Waals surface area contributed by atoms with E-state index < -0.39 is 9.84 Å². The number of hydrogen-bond acceptors (Lipinski definition) is 7. The van der Waals surface area contributed by atoms with Crippen LogP contribution >= 0.6 is 34.3 Å². The number of thiophene rings is 1. The van der Waals surface area contributed by atoms with Crippen LogP contribution in [0.1, 0.15) is 9.67 Å². The molecule has 1 aromatic carbocycles. The Balaban J connectivity index is 1.48. The number of hydrogen-bond donors (Lipinski definition) is 0. The number of amides is 1. The smallest absolute Gasteiger partial charge is 0.264 e. The zero-order valence-corrected chi connectivity index (χ0v) is 17.6. The fourth-order valence-corrected chi connectivity index (χ4v) is 5.73. The average molecular weight is 442 g/mol. The summed E-state index contributed by atoms with van der Waals surface area (Å²) < 4.78 is 24.9. The van der Waals surface area contributed by atoms with Crippen LogP contribution in [0.3, 0.4) is 0 Å². The number of carbonyl (C=O) groups excluding carboxylic acids is 1. The van der Waals surface area contributed by atoms with Gasteiger partial charge in [0.1, 0.15) is 0 Å². The van der Waals surface area contributed by atoms with E-state index in [2.05, 4.69) is 9.88 Å². The summed E-state index contributed by atoms with van der Waals surface area (Å²) in [4.78, 5) is 22.1. The van der Waals surface area contributed by atoms with Gasteiger partial charge in [0.15, 0.2) is 15.0 Å². The van der Waals surface area contributed by atoms with Crippen molar-refractivity contribution in [3.8, 4) is 0 Å². The number of rotatable bonds is 3. The minimum atomic E-state index is -3.24. The quantitative estimate of drug-likeness (QED) is 0.623. The Labute approximate surface area is 169 Å². The molecule has 0 unspecified atom stereocenters. The molecule has 2 aromatic heterocycles. The zero-order chi connectivity index (χ0) is 19.2. The van der Waals surface area contributed by atoms with Crippen LogP contribution in [0.15, 0.2) is 35.2 Å². The number of fused-ring (bicyclic) bond motifs is 1. The van der Waals surface area contributed by atoms with Crippen LogP contribution in [0, 0.1) is 0 Å².